The first-order chi connectivity index (χ1) is 12.7. The predicted octanol–water partition coefficient (Wildman–Crippen LogP) is 2.89. The molecule has 1 N–H and O–H groups in total. The van der Waals surface area contributed by atoms with E-state index in [9.17, 15) is 5.11 Å². The highest BCUT2D eigenvalue weighted by Crippen LogP contribution is 2.31. The highest BCUT2D eigenvalue weighted by molar-refractivity contribution is 5.69. The van der Waals surface area contributed by atoms with Crippen LogP contribution in [0.1, 0.15) is 25.0 Å². The number of nitrogens with zero attached hydrogens (tertiary/aromatic N) is 4. The van der Waals surface area contributed by atoms with E-state index in [0.29, 0.717) is 29.3 Å². The number of aromatic hydroxyl groups is 1. The number of aryl methyl sites for hydroxylation is 1. The van der Waals surface area contributed by atoms with E-state index in [1.165, 1.54) is 12.5 Å². The highest BCUT2D eigenvalue weighted by atomic mass is 16.7. The fourth-order valence-corrected chi connectivity index (χ4v) is 2.95. The van der Waals surface area contributed by atoms with Gasteiger partial charge in [-0.15, -0.1) is 5.10 Å². The minimum atomic E-state index is -0.194. The molecule has 1 atom stereocenters. The van der Waals surface area contributed by atoms with Crippen molar-refractivity contribution in [2.24, 2.45) is 7.05 Å². The maximum atomic E-state index is 10.1. The molecule has 3 aromatic rings. The minimum absolute atomic E-state index is 0.0763. The van der Waals surface area contributed by atoms with Gasteiger partial charge < -0.3 is 19.0 Å². The Labute approximate surface area is 150 Å². The number of hydrogen-bond donors (Lipinski definition) is 1. The summed E-state index contributed by atoms with van der Waals surface area (Å²) >= 11 is 0. The average Bonchev–Trinajstić information content (AvgIpc) is 3.32. The van der Waals surface area contributed by atoms with Crippen molar-refractivity contribution in [3.05, 3.63) is 36.4 Å². The van der Waals surface area contributed by atoms with Crippen molar-refractivity contribution in [2.75, 3.05) is 6.61 Å². The molecular formula is C18H20N4O4. The van der Waals surface area contributed by atoms with Crippen LogP contribution in [0.25, 0.3) is 22.6 Å². The lowest BCUT2D eigenvalue weighted by atomic mass is 10.1. The molecule has 0 aromatic carbocycles. The van der Waals surface area contributed by atoms with Crippen LogP contribution in [0.15, 0.2) is 35.1 Å². The quantitative estimate of drug-likeness (QED) is 0.751. The molecule has 1 aliphatic rings. The van der Waals surface area contributed by atoms with Gasteiger partial charge in [0.05, 0.1) is 30.5 Å². The van der Waals surface area contributed by atoms with Gasteiger partial charge >= 0.3 is 0 Å². The summed E-state index contributed by atoms with van der Waals surface area (Å²) in [6.07, 6.45) is 5.95. The smallest absolute Gasteiger partial charge is 0.158 e. The van der Waals surface area contributed by atoms with Crippen molar-refractivity contribution in [1.29, 1.82) is 0 Å². The largest absolute Gasteiger partial charge is 0.506 e. The van der Waals surface area contributed by atoms with Crippen LogP contribution in [0.2, 0.25) is 0 Å². The van der Waals surface area contributed by atoms with Gasteiger partial charge in [0.15, 0.2) is 6.29 Å². The Hall–Kier alpha value is -2.71. The van der Waals surface area contributed by atoms with Crippen molar-refractivity contribution in [3.8, 4) is 28.4 Å². The molecule has 0 radical (unpaired) electrons. The number of rotatable bonds is 5. The zero-order valence-corrected chi connectivity index (χ0v) is 14.5. The maximum absolute atomic E-state index is 10.1. The van der Waals surface area contributed by atoms with E-state index in [1.54, 1.807) is 22.9 Å². The molecule has 4 rings (SSSR count). The number of pyridine rings is 1. The van der Waals surface area contributed by atoms with Gasteiger partial charge in [0, 0.05) is 19.2 Å². The van der Waals surface area contributed by atoms with Crippen LogP contribution in [0.4, 0.5) is 0 Å². The molecule has 1 aliphatic heterocycles. The molecule has 0 bridgehead atoms. The number of furan rings is 1. The molecule has 0 amide bonds. The van der Waals surface area contributed by atoms with Gasteiger partial charge in [-0.25, -0.2) is 9.67 Å². The van der Waals surface area contributed by atoms with E-state index in [1.807, 2.05) is 7.05 Å². The fraction of sp³-hybridized carbons (Fsp3) is 0.389. The highest BCUT2D eigenvalue weighted by Gasteiger charge is 2.20. The summed E-state index contributed by atoms with van der Waals surface area (Å²) in [5.74, 6) is 0.0763. The third-order valence-electron chi connectivity index (χ3n) is 4.40. The van der Waals surface area contributed by atoms with Crippen molar-refractivity contribution in [2.45, 2.75) is 32.2 Å². The van der Waals surface area contributed by atoms with Gasteiger partial charge in [-0.2, -0.15) is 0 Å². The van der Waals surface area contributed by atoms with E-state index < -0.39 is 0 Å². The van der Waals surface area contributed by atoms with Crippen LogP contribution in [0.3, 0.4) is 0 Å². The van der Waals surface area contributed by atoms with Crippen LogP contribution in [-0.2, 0) is 23.1 Å². The Bertz CT molecular complexity index is 869. The van der Waals surface area contributed by atoms with Crippen LogP contribution in [0, 0.1) is 0 Å². The summed E-state index contributed by atoms with van der Waals surface area (Å²) in [5.41, 5.74) is 3.16. The minimum Gasteiger partial charge on any atom is -0.506 e. The molecule has 1 unspecified atom stereocenters. The molecule has 1 fully saturated rings. The van der Waals surface area contributed by atoms with E-state index in [0.717, 1.165) is 31.6 Å². The molecule has 3 aromatic heterocycles. The maximum Gasteiger partial charge on any atom is 0.158 e. The van der Waals surface area contributed by atoms with E-state index in [2.05, 4.69) is 15.3 Å². The van der Waals surface area contributed by atoms with Gasteiger partial charge in [-0.05, 0) is 37.5 Å². The lowest BCUT2D eigenvalue weighted by molar-refractivity contribution is -0.169. The summed E-state index contributed by atoms with van der Waals surface area (Å²) in [6.45, 7) is 1.06. The van der Waals surface area contributed by atoms with Gasteiger partial charge in [0.25, 0.3) is 0 Å². The second kappa shape index (κ2) is 7.27. The molecule has 1 saturated heterocycles. The molecule has 4 heterocycles. The van der Waals surface area contributed by atoms with Gasteiger partial charge in [0.1, 0.15) is 17.1 Å². The number of ether oxygens (including phenoxy) is 2. The molecule has 0 saturated carbocycles. The first kappa shape index (κ1) is 16.7. The summed E-state index contributed by atoms with van der Waals surface area (Å²) in [5, 5.41) is 18.4. The van der Waals surface area contributed by atoms with Crippen molar-refractivity contribution >= 4 is 0 Å². The number of hydrogen-bond acceptors (Lipinski definition) is 7. The van der Waals surface area contributed by atoms with E-state index >= 15 is 0 Å². The molecule has 136 valence electrons. The molecule has 8 nitrogen and oxygen atoms in total. The monoisotopic (exact) mass is 356 g/mol. The third kappa shape index (κ3) is 3.33. The molecule has 0 spiro atoms. The standard InChI is InChI=1S/C18H20N4O4/c1-22-14(11-26-16-4-2-3-8-25-16)18(20-21-22)13-5-6-15(23)17(19-13)12-7-9-24-10-12/h5-7,9-10,16,23H,2-4,8,11H2,1H3. The summed E-state index contributed by atoms with van der Waals surface area (Å²) in [7, 11) is 1.81. The topological polar surface area (TPSA) is 95.4 Å². The first-order valence-corrected chi connectivity index (χ1v) is 8.57. The first-order valence-electron chi connectivity index (χ1n) is 8.57. The van der Waals surface area contributed by atoms with Gasteiger partial charge in [-0.1, -0.05) is 5.21 Å². The Morgan fingerprint density at radius 2 is 2.19 bits per heavy atom. The molecular weight excluding hydrogens is 336 g/mol. The third-order valence-corrected chi connectivity index (χ3v) is 4.40. The van der Waals surface area contributed by atoms with Crippen LogP contribution >= 0.6 is 0 Å². The van der Waals surface area contributed by atoms with Gasteiger partial charge in [-0.3, -0.25) is 0 Å². The summed E-state index contributed by atoms with van der Waals surface area (Å²) < 4.78 is 18.3. The zero-order chi connectivity index (χ0) is 17.9. The average molecular weight is 356 g/mol. The Kier molecular flexibility index (Phi) is 4.68. The number of aromatic nitrogens is 4. The summed E-state index contributed by atoms with van der Waals surface area (Å²) in [6, 6.07) is 5.05. The lowest BCUT2D eigenvalue weighted by Crippen LogP contribution is -2.22. The Morgan fingerprint density at radius 3 is 2.96 bits per heavy atom. The fourth-order valence-electron chi connectivity index (χ4n) is 2.95. The van der Waals surface area contributed by atoms with Crippen molar-refractivity contribution < 1.29 is 19.0 Å². The van der Waals surface area contributed by atoms with E-state index in [4.69, 9.17) is 13.9 Å². The normalized spacial score (nSPS) is 17.5. The summed E-state index contributed by atoms with van der Waals surface area (Å²) in [4.78, 5) is 4.54. The van der Waals surface area contributed by atoms with E-state index in [-0.39, 0.29) is 12.0 Å². The van der Waals surface area contributed by atoms with Crippen molar-refractivity contribution in [1.82, 2.24) is 20.0 Å². The molecule has 0 aliphatic carbocycles. The zero-order valence-electron chi connectivity index (χ0n) is 14.5. The van der Waals surface area contributed by atoms with Crippen LogP contribution in [-0.4, -0.2) is 38.0 Å². The predicted molar refractivity (Wildman–Crippen MR) is 92.0 cm³/mol. The lowest BCUT2D eigenvalue weighted by Gasteiger charge is -2.22. The van der Waals surface area contributed by atoms with Crippen LogP contribution in [0.5, 0.6) is 5.75 Å². The van der Waals surface area contributed by atoms with Gasteiger partial charge in [0.2, 0.25) is 0 Å². The second-order valence-corrected chi connectivity index (χ2v) is 6.19. The SMILES string of the molecule is Cn1nnc(-c2ccc(O)c(-c3ccoc3)n2)c1COC1CCCCO1. The Morgan fingerprint density at radius 1 is 1.27 bits per heavy atom. The van der Waals surface area contributed by atoms with Crippen molar-refractivity contribution in [3.63, 3.8) is 0 Å². The van der Waals surface area contributed by atoms with Crippen LogP contribution < -0.4 is 0 Å². The second-order valence-electron chi connectivity index (χ2n) is 6.19. The molecule has 26 heavy (non-hydrogen) atoms. The molecule has 8 heteroatoms. The Balaban J connectivity index is 1.61.